The molecule has 0 aliphatic heterocycles. The number of hydrogen-bond donors (Lipinski definition) is 1. The van der Waals surface area contributed by atoms with Crippen LogP contribution in [0.4, 0.5) is 10.8 Å². The first-order chi connectivity index (χ1) is 10.7. The maximum Gasteiger partial charge on any atom is 0.237 e. The largest absolute Gasteiger partial charge is 0.497 e. The van der Waals surface area contributed by atoms with Gasteiger partial charge in [0.25, 0.3) is 0 Å². The first-order valence-electron chi connectivity index (χ1n) is 6.39. The topological polar surface area (TPSA) is 86.0 Å². The van der Waals surface area contributed by atoms with Crippen LogP contribution in [-0.4, -0.2) is 27.4 Å². The van der Waals surface area contributed by atoms with Crippen molar-refractivity contribution in [3.05, 3.63) is 36.0 Å². The molecule has 7 nitrogen and oxygen atoms in total. The van der Waals surface area contributed by atoms with Crippen molar-refractivity contribution in [2.24, 2.45) is 0 Å². The summed E-state index contributed by atoms with van der Waals surface area (Å²) in [4.78, 5) is 4.15. The summed E-state index contributed by atoms with van der Waals surface area (Å²) in [5, 5.41) is 15.9. The molecule has 0 saturated carbocycles. The van der Waals surface area contributed by atoms with E-state index < -0.39 is 0 Å². The Balaban J connectivity index is 1.60. The average Bonchev–Trinajstić information content (AvgIpc) is 3.14. The number of rotatable bonds is 6. The van der Waals surface area contributed by atoms with Gasteiger partial charge in [0.05, 0.1) is 12.9 Å². The molecule has 1 N–H and O–H groups in total. The number of ether oxygens (including phenoxy) is 1. The average molecular weight is 335 g/mol. The van der Waals surface area contributed by atoms with Gasteiger partial charge in [0.2, 0.25) is 11.0 Å². The molecule has 0 spiro atoms. The number of benzene rings is 1. The molecule has 22 heavy (non-hydrogen) atoms. The van der Waals surface area contributed by atoms with E-state index in [1.54, 1.807) is 14.0 Å². The number of methoxy groups -OCH3 is 1. The molecule has 0 unspecified atom stereocenters. The predicted octanol–water partition coefficient (Wildman–Crippen LogP) is 3.27. The smallest absolute Gasteiger partial charge is 0.237 e. The van der Waals surface area contributed by atoms with Crippen LogP contribution in [0.25, 0.3) is 0 Å². The minimum Gasteiger partial charge on any atom is -0.497 e. The fraction of sp³-hybridized carbons (Fsp3) is 0.231. The lowest BCUT2D eigenvalue weighted by molar-refractivity contribution is 0.387. The number of aryl methyl sites for hydroxylation is 1. The SMILES string of the molecule is COc1cccc(Nc2nnc(SCc3nc(C)no3)s2)c1. The van der Waals surface area contributed by atoms with E-state index in [0.717, 1.165) is 20.9 Å². The number of anilines is 2. The van der Waals surface area contributed by atoms with Crippen molar-refractivity contribution in [2.45, 2.75) is 17.0 Å². The molecule has 0 atom stereocenters. The number of nitrogens with one attached hydrogen (secondary N) is 1. The van der Waals surface area contributed by atoms with Gasteiger partial charge >= 0.3 is 0 Å². The second-order valence-corrected chi connectivity index (χ2v) is 6.45. The maximum absolute atomic E-state index is 5.19. The quantitative estimate of drug-likeness (QED) is 0.687. The van der Waals surface area contributed by atoms with Crippen LogP contribution in [0, 0.1) is 6.92 Å². The highest BCUT2D eigenvalue weighted by molar-refractivity contribution is 8.00. The standard InChI is InChI=1S/C13H13N5O2S2/c1-8-14-11(20-18-8)7-21-13-17-16-12(22-13)15-9-4-3-5-10(6-9)19-2/h3-6H,7H2,1-2H3,(H,15,16). The zero-order chi connectivity index (χ0) is 15.4. The molecule has 2 heterocycles. The summed E-state index contributed by atoms with van der Waals surface area (Å²) in [6.45, 7) is 1.79. The van der Waals surface area contributed by atoms with Crippen molar-refractivity contribution < 1.29 is 9.26 Å². The van der Waals surface area contributed by atoms with Crippen LogP contribution in [0.1, 0.15) is 11.7 Å². The van der Waals surface area contributed by atoms with Crippen LogP contribution >= 0.6 is 23.1 Å². The summed E-state index contributed by atoms with van der Waals surface area (Å²) in [6.07, 6.45) is 0. The van der Waals surface area contributed by atoms with Crippen LogP contribution < -0.4 is 10.1 Å². The van der Waals surface area contributed by atoms with E-state index in [-0.39, 0.29) is 0 Å². The lowest BCUT2D eigenvalue weighted by Crippen LogP contribution is -1.90. The molecule has 0 radical (unpaired) electrons. The van der Waals surface area contributed by atoms with Crippen LogP contribution in [-0.2, 0) is 5.75 Å². The molecule has 0 amide bonds. The minimum absolute atomic E-state index is 0.578. The monoisotopic (exact) mass is 335 g/mol. The molecule has 2 aromatic heterocycles. The third kappa shape index (κ3) is 3.74. The first-order valence-corrected chi connectivity index (χ1v) is 8.20. The van der Waals surface area contributed by atoms with Gasteiger partial charge in [0.1, 0.15) is 5.75 Å². The highest BCUT2D eigenvalue weighted by atomic mass is 32.2. The summed E-state index contributed by atoms with van der Waals surface area (Å²) in [7, 11) is 1.64. The maximum atomic E-state index is 5.19. The van der Waals surface area contributed by atoms with E-state index >= 15 is 0 Å². The van der Waals surface area contributed by atoms with E-state index in [4.69, 9.17) is 9.26 Å². The second-order valence-electron chi connectivity index (χ2n) is 4.25. The first kappa shape index (κ1) is 14.8. The van der Waals surface area contributed by atoms with Crippen molar-refractivity contribution in [3.8, 4) is 5.75 Å². The number of nitrogens with zero attached hydrogens (tertiary/aromatic N) is 4. The Morgan fingerprint density at radius 2 is 2.27 bits per heavy atom. The van der Waals surface area contributed by atoms with E-state index in [9.17, 15) is 0 Å². The van der Waals surface area contributed by atoms with E-state index in [0.29, 0.717) is 17.5 Å². The van der Waals surface area contributed by atoms with Crippen molar-refractivity contribution in [2.75, 3.05) is 12.4 Å². The fourth-order valence-corrected chi connectivity index (χ4v) is 3.27. The van der Waals surface area contributed by atoms with Crippen molar-refractivity contribution in [1.82, 2.24) is 20.3 Å². The summed E-state index contributed by atoms with van der Waals surface area (Å²) in [5.41, 5.74) is 0.902. The molecule has 3 aromatic rings. The van der Waals surface area contributed by atoms with Gasteiger partial charge in [-0.1, -0.05) is 34.3 Å². The zero-order valence-corrected chi connectivity index (χ0v) is 13.6. The minimum atomic E-state index is 0.578. The summed E-state index contributed by atoms with van der Waals surface area (Å²) in [6, 6.07) is 7.64. The Labute approximate surface area is 135 Å². The molecular formula is C13H13N5O2S2. The third-order valence-corrected chi connectivity index (χ3v) is 4.57. The van der Waals surface area contributed by atoms with Crippen LogP contribution in [0.5, 0.6) is 5.75 Å². The highest BCUT2D eigenvalue weighted by Crippen LogP contribution is 2.30. The van der Waals surface area contributed by atoms with Gasteiger partial charge in [-0.25, -0.2) is 0 Å². The van der Waals surface area contributed by atoms with Gasteiger partial charge in [0.15, 0.2) is 10.2 Å². The van der Waals surface area contributed by atoms with Gasteiger partial charge in [-0.2, -0.15) is 4.98 Å². The Kier molecular flexibility index (Phi) is 4.54. The highest BCUT2D eigenvalue weighted by Gasteiger charge is 2.09. The Morgan fingerprint density at radius 1 is 1.36 bits per heavy atom. The summed E-state index contributed by atoms with van der Waals surface area (Å²) < 4.78 is 11.1. The van der Waals surface area contributed by atoms with E-state index in [1.807, 2.05) is 24.3 Å². The molecule has 0 bridgehead atoms. The third-order valence-electron chi connectivity index (χ3n) is 2.62. The van der Waals surface area contributed by atoms with Crippen LogP contribution in [0.15, 0.2) is 33.1 Å². The van der Waals surface area contributed by atoms with Gasteiger partial charge in [-0.05, 0) is 19.1 Å². The van der Waals surface area contributed by atoms with E-state index in [2.05, 4.69) is 25.7 Å². The predicted molar refractivity (Wildman–Crippen MR) is 84.8 cm³/mol. The number of hydrogen-bond acceptors (Lipinski definition) is 9. The molecule has 0 aliphatic rings. The van der Waals surface area contributed by atoms with Crippen molar-refractivity contribution in [3.63, 3.8) is 0 Å². The van der Waals surface area contributed by atoms with Gasteiger partial charge in [-0.3, -0.25) is 0 Å². The Bertz CT molecular complexity index is 758. The molecule has 0 fully saturated rings. The number of thioether (sulfide) groups is 1. The fourth-order valence-electron chi connectivity index (χ4n) is 1.67. The Morgan fingerprint density at radius 3 is 3.05 bits per heavy atom. The summed E-state index contributed by atoms with van der Waals surface area (Å²) >= 11 is 2.98. The molecule has 0 saturated heterocycles. The van der Waals surface area contributed by atoms with E-state index in [1.165, 1.54) is 23.1 Å². The molecule has 9 heteroatoms. The molecular weight excluding hydrogens is 322 g/mol. The van der Waals surface area contributed by atoms with Crippen LogP contribution in [0.2, 0.25) is 0 Å². The normalized spacial score (nSPS) is 10.6. The summed E-state index contributed by atoms with van der Waals surface area (Å²) in [5.74, 6) is 2.58. The molecule has 0 aliphatic carbocycles. The van der Waals surface area contributed by atoms with Gasteiger partial charge in [0, 0.05) is 11.8 Å². The lowest BCUT2D eigenvalue weighted by atomic mass is 10.3. The lowest BCUT2D eigenvalue weighted by Gasteiger charge is -2.04. The van der Waals surface area contributed by atoms with Gasteiger partial charge in [-0.15, -0.1) is 10.2 Å². The Hall–Kier alpha value is -2.13. The van der Waals surface area contributed by atoms with Gasteiger partial charge < -0.3 is 14.6 Å². The van der Waals surface area contributed by atoms with Crippen LogP contribution in [0.3, 0.4) is 0 Å². The van der Waals surface area contributed by atoms with Crippen molar-refractivity contribution in [1.29, 1.82) is 0 Å². The van der Waals surface area contributed by atoms with Crippen molar-refractivity contribution >= 4 is 33.9 Å². The second kappa shape index (κ2) is 6.75. The molecule has 114 valence electrons. The molecule has 3 rings (SSSR count). The number of aromatic nitrogens is 4. The zero-order valence-electron chi connectivity index (χ0n) is 11.9. The molecule has 1 aromatic carbocycles.